The van der Waals surface area contributed by atoms with E-state index in [0.29, 0.717) is 5.92 Å². The van der Waals surface area contributed by atoms with Gasteiger partial charge in [-0.2, -0.15) is 0 Å². The van der Waals surface area contributed by atoms with Crippen LogP contribution in [0.3, 0.4) is 0 Å². The molecule has 4 nitrogen and oxygen atoms in total. The van der Waals surface area contributed by atoms with Gasteiger partial charge in [-0.1, -0.05) is 20.4 Å². The van der Waals surface area contributed by atoms with E-state index < -0.39 is 5.91 Å². The van der Waals surface area contributed by atoms with Gasteiger partial charge < -0.3 is 10.5 Å². The van der Waals surface area contributed by atoms with Gasteiger partial charge in [0.05, 0.1) is 13.7 Å². The Kier molecular flexibility index (Phi) is 9.11. The fourth-order valence-corrected chi connectivity index (χ4v) is 0.101. The highest BCUT2D eigenvalue weighted by Gasteiger charge is 1.95. The molecule has 0 unspecified atom stereocenters. The van der Waals surface area contributed by atoms with E-state index in [1.165, 1.54) is 7.11 Å². The molecule has 0 saturated carbocycles. The molecule has 0 rings (SSSR count). The molecule has 1 amide bonds. The molecule has 0 aliphatic rings. The van der Waals surface area contributed by atoms with Crippen molar-refractivity contribution in [2.75, 3.05) is 13.7 Å². The Morgan fingerprint density at radius 2 is 1.92 bits per heavy atom. The van der Waals surface area contributed by atoms with Crippen LogP contribution in [-0.4, -0.2) is 19.6 Å². The minimum absolute atomic E-state index is 0.0139. The molecule has 0 saturated heterocycles. The summed E-state index contributed by atoms with van der Waals surface area (Å²) in [7, 11) is 1.34. The van der Waals surface area contributed by atoms with E-state index in [0.717, 1.165) is 0 Å². The molecule has 0 aliphatic carbocycles. The molecule has 0 aromatic carbocycles. The van der Waals surface area contributed by atoms with E-state index in [2.05, 4.69) is 17.0 Å². The Morgan fingerprint density at radius 3 is 1.92 bits per heavy atom. The Bertz CT molecular complexity index is 143. The fourth-order valence-electron chi connectivity index (χ4n) is 0.101. The van der Waals surface area contributed by atoms with Crippen LogP contribution >= 0.6 is 0 Å². The van der Waals surface area contributed by atoms with Crippen molar-refractivity contribution in [2.45, 2.75) is 13.8 Å². The number of carbonyl (C=O) groups excluding carboxylic acids is 1. The lowest BCUT2D eigenvalue weighted by Crippen LogP contribution is -2.13. The maximum absolute atomic E-state index is 9.93. The van der Waals surface area contributed by atoms with Crippen molar-refractivity contribution >= 4 is 5.91 Å². The summed E-state index contributed by atoms with van der Waals surface area (Å²) in [5.41, 5.74) is 4.68. The molecular formula is C8H16NO3. The highest BCUT2D eigenvalue weighted by Crippen LogP contribution is 1.84. The molecule has 0 atom stereocenters. The van der Waals surface area contributed by atoms with E-state index in [1.807, 2.05) is 13.8 Å². The topological polar surface area (TPSA) is 72.2 Å². The van der Waals surface area contributed by atoms with Crippen LogP contribution in [0.5, 0.6) is 0 Å². The first-order valence-corrected chi connectivity index (χ1v) is 3.56. The number of amides is 1. The van der Waals surface area contributed by atoms with Gasteiger partial charge in [-0.15, -0.1) is 0 Å². The van der Waals surface area contributed by atoms with E-state index in [9.17, 15) is 9.90 Å². The molecule has 1 radical (unpaired) electrons. The summed E-state index contributed by atoms with van der Waals surface area (Å²) >= 11 is 0. The molecule has 0 bridgehead atoms. The number of nitrogens with two attached hydrogens (primary N) is 1. The van der Waals surface area contributed by atoms with Crippen LogP contribution in [0.1, 0.15) is 13.8 Å². The van der Waals surface area contributed by atoms with Crippen molar-refractivity contribution in [1.29, 1.82) is 0 Å². The summed E-state index contributed by atoms with van der Waals surface area (Å²) in [5, 5.41) is 9.63. The second-order valence-corrected chi connectivity index (χ2v) is 2.55. The van der Waals surface area contributed by atoms with Gasteiger partial charge in [0.25, 0.3) is 5.91 Å². The van der Waals surface area contributed by atoms with Gasteiger partial charge in [-0.05, 0) is 5.92 Å². The fraction of sp³-hybridized carbons (Fsp3) is 0.625. The highest BCUT2D eigenvalue weighted by atomic mass is 16.5. The maximum Gasteiger partial charge on any atom is 0.283 e. The van der Waals surface area contributed by atoms with Crippen LogP contribution in [0.2, 0.25) is 0 Å². The zero-order chi connectivity index (χ0) is 10.1. The summed E-state index contributed by atoms with van der Waals surface area (Å²) in [6, 6.07) is 0. The summed E-state index contributed by atoms with van der Waals surface area (Å²) in [6.45, 7) is 7.05. The van der Waals surface area contributed by atoms with Gasteiger partial charge in [-0.3, -0.25) is 4.79 Å². The van der Waals surface area contributed by atoms with Gasteiger partial charge in [0.1, 0.15) is 0 Å². The first kappa shape index (κ1) is 13.6. The number of ether oxygens (including phenoxy) is 1. The van der Waals surface area contributed by atoms with Crippen LogP contribution in [-0.2, 0) is 14.6 Å². The third-order valence-corrected chi connectivity index (χ3v) is 0.855. The zero-order valence-corrected chi connectivity index (χ0v) is 7.79. The largest absolute Gasteiger partial charge is 0.492 e. The van der Waals surface area contributed by atoms with Gasteiger partial charge in [-0.25, -0.2) is 5.11 Å². The number of primary amides is 1. The van der Waals surface area contributed by atoms with E-state index in [-0.39, 0.29) is 12.4 Å². The van der Waals surface area contributed by atoms with E-state index in [4.69, 9.17) is 0 Å². The van der Waals surface area contributed by atoms with Crippen LogP contribution in [0.4, 0.5) is 0 Å². The molecule has 2 N–H and O–H groups in total. The Hall–Kier alpha value is -1.03. The molecule has 0 heterocycles. The van der Waals surface area contributed by atoms with Crippen molar-refractivity contribution in [1.82, 2.24) is 0 Å². The average Bonchev–Trinajstić information content (AvgIpc) is 2.04. The molecule has 71 valence electrons. The number of hydrogen-bond donors (Lipinski definition) is 1. The predicted molar refractivity (Wildman–Crippen MR) is 45.7 cm³/mol. The molecule has 0 aliphatic heterocycles. The van der Waals surface area contributed by atoms with Crippen molar-refractivity contribution in [2.24, 2.45) is 11.7 Å². The summed E-state index contributed by atoms with van der Waals surface area (Å²) in [6.07, 6.45) is 0. The van der Waals surface area contributed by atoms with Crippen LogP contribution in [0, 0.1) is 5.92 Å². The normalized spacial score (nSPS) is 8.42. The van der Waals surface area contributed by atoms with Gasteiger partial charge in [0.2, 0.25) is 0 Å². The van der Waals surface area contributed by atoms with Crippen molar-refractivity contribution < 1.29 is 14.6 Å². The monoisotopic (exact) mass is 174 g/mol. The van der Waals surface area contributed by atoms with Crippen molar-refractivity contribution in [3.63, 3.8) is 0 Å². The molecule has 4 heteroatoms. The predicted octanol–water partition coefficient (Wildman–Crippen LogP) is 0.705. The standard InChI is InChI=1S/C4H7NO2.C4H9O/c1-3(7-2)4(5)6;1-4(2)3-5/h1H2,2H3,(H2,5,6);4H,3H2,1-2H3. The number of methoxy groups -OCH3 is 1. The summed E-state index contributed by atoms with van der Waals surface area (Å²) in [5.74, 6) is -0.308. The number of carbonyl (C=O) groups is 1. The Morgan fingerprint density at radius 1 is 1.58 bits per heavy atom. The van der Waals surface area contributed by atoms with Crippen molar-refractivity contribution in [3.05, 3.63) is 12.3 Å². The van der Waals surface area contributed by atoms with Crippen molar-refractivity contribution in [3.8, 4) is 0 Å². The molecule has 0 spiro atoms. The summed E-state index contributed by atoms with van der Waals surface area (Å²) in [4.78, 5) is 9.93. The average molecular weight is 174 g/mol. The lowest BCUT2D eigenvalue weighted by molar-refractivity contribution is -0.117. The molecule has 12 heavy (non-hydrogen) atoms. The number of hydrogen-bond acceptors (Lipinski definition) is 2. The molecule has 0 fully saturated rings. The molecule has 0 aromatic heterocycles. The van der Waals surface area contributed by atoms with Crippen LogP contribution < -0.4 is 5.73 Å². The zero-order valence-electron chi connectivity index (χ0n) is 7.79. The minimum Gasteiger partial charge on any atom is -0.492 e. The first-order valence-electron chi connectivity index (χ1n) is 3.56. The van der Waals surface area contributed by atoms with Gasteiger partial charge in [0.15, 0.2) is 5.76 Å². The van der Waals surface area contributed by atoms with E-state index in [1.54, 1.807) is 0 Å². The Labute approximate surface area is 73.0 Å². The number of rotatable bonds is 3. The lowest BCUT2D eigenvalue weighted by Gasteiger charge is -1.93. The second kappa shape index (κ2) is 8.07. The SMILES string of the molecule is C=C(OC)C(N)=O.CC(C)C[O]. The lowest BCUT2D eigenvalue weighted by atomic mass is 10.2. The minimum atomic E-state index is -0.623. The van der Waals surface area contributed by atoms with E-state index >= 15 is 0 Å². The maximum atomic E-state index is 9.93. The van der Waals surface area contributed by atoms with Crippen LogP contribution in [0.15, 0.2) is 12.3 Å². The third-order valence-electron chi connectivity index (χ3n) is 0.855. The first-order chi connectivity index (χ1) is 5.45. The molecule has 0 aromatic rings. The third kappa shape index (κ3) is 11.7. The quantitative estimate of drug-likeness (QED) is 0.505. The Balaban J connectivity index is 0. The highest BCUT2D eigenvalue weighted by molar-refractivity contribution is 5.89. The van der Waals surface area contributed by atoms with Crippen LogP contribution in [0.25, 0.3) is 0 Å². The second-order valence-electron chi connectivity index (χ2n) is 2.55. The molecular weight excluding hydrogens is 158 g/mol. The smallest absolute Gasteiger partial charge is 0.283 e. The summed E-state index contributed by atoms with van der Waals surface area (Å²) < 4.78 is 4.34. The van der Waals surface area contributed by atoms with Gasteiger partial charge in [0, 0.05) is 0 Å². The van der Waals surface area contributed by atoms with Gasteiger partial charge >= 0.3 is 0 Å².